The van der Waals surface area contributed by atoms with E-state index in [4.69, 9.17) is 23.2 Å². The standard InChI is InChI=1S/C13H7Cl2N3O/c14-8-1-2-12(10(15)7-8)18-6-4-11-9(13(18)19)3-5-16-17-11/h1-7H. The quantitative estimate of drug-likeness (QED) is 0.692. The summed E-state index contributed by atoms with van der Waals surface area (Å²) in [6.45, 7) is 0. The summed E-state index contributed by atoms with van der Waals surface area (Å²) in [6, 6.07) is 8.33. The second-order valence-electron chi connectivity index (χ2n) is 3.92. The molecule has 6 heteroatoms. The molecule has 4 nitrogen and oxygen atoms in total. The highest BCUT2D eigenvalue weighted by atomic mass is 35.5. The van der Waals surface area contributed by atoms with Gasteiger partial charge in [-0.15, -0.1) is 0 Å². The van der Waals surface area contributed by atoms with E-state index in [9.17, 15) is 4.79 Å². The molecule has 0 saturated heterocycles. The highest BCUT2D eigenvalue weighted by Gasteiger charge is 2.08. The van der Waals surface area contributed by atoms with Crippen molar-refractivity contribution in [1.29, 1.82) is 0 Å². The van der Waals surface area contributed by atoms with Gasteiger partial charge in [0.15, 0.2) is 0 Å². The maximum Gasteiger partial charge on any atom is 0.264 e. The Labute approximate surface area is 118 Å². The van der Waals surface area contributed by atoms with E-state index in [1.54, 1.807) is 36.5 Å². The Morgan fingerprint density at radius 3 is 2.74 bits per heavy atom. The topological polar surface area (TPSA) is 47.8 Å². The number of hydrogen-bond donors (Lipinski definition) is 0. The number of aromatic nitrogens is 3. The van der Waals surface area contributed by atoms with Crippen LogP contribution in [0.15, 0.2) is 47.5 Å². The number of halogens is 2. The van der Waals surface area contributed by atoms with E-state index in [2.05, 4.69) is 10.2 Å². The minimum atomic E-state index is -0.198. The molecule has 0 radical (unpaired) electrons. The molecule has 0 unspecified atom stereocenters. The molecule has 1 aromatic carbocycles. The Morgan fingerprint density at radius 2 is 1.95 bits per heavy atom. The minimum Gasteiger partial charge on any atom is -0.282 e. The summed E-state index contributed by atoms with van der Waals surface area (Å²) in [5.74, 6) is 0. The van der Waals surface area contributed by atoms with Gasteiger partial charge in [0.2, 0.25) is 0 Å². The third-order valence-electron chi connectivity index (χ3n) is 2.75. The molecular weight excluding hydrogens is 285 g/mol. The van der Waals surface area contributed by atoms with Gasteiger partial charge < -0.3 is 0 Å². The third kappa shape index (κ3) is 2.09. The van der Waals surface area contributed by atoms with Gasteiger partial charge in [-0.25, -0.2) is 0 Å². The highest BCUT2D eigenvalue weighted by molar-refractivity contribution is 6.35. The number of nitrogens with zero attached hydrogens (tertiary/aromatic N) is 3. The fourth-order valence-corrected chi connectivity index (χ4v) is 2.36. The third-order valence-corrected chi connectivity index (χ3v) is 3.29. The molecule has 0 aliphatic carbocycles. The molecule has 0 spiro atoms. The summed E-state index contributed by atoms with van der Waals surface area (Å²) in [5, 5.41) is 9.06. The Morgan fingerprint density at radius 1 is 1.11 bits per heavy atom. The summed E-state index contributed by atoms with van der Waals surface area (Å²) >= 11 is 12.0. The van der Waals surface area contributed by atoms with Crippen molar-refractivity contribution >= 4 is 34.1 Å². The molecule has 3 rings (SSSR count). The Balaban J connectivity index is 2.31. The van der Waals surface area contributed by atoms with E-state index >= 15 is 0 Å². The molecular formula is C13H7Cl2N3O. The number of hydrogen-bond acceptors (Lipinski definition) is 3. The van der Waals surface area contributed by atoms with Crippen molar-refractivity contribution in [2.75, 3.05) is 0 Å². The van der Waals surface area contributed by atoms with Gasteiger partial charge in [-0.2, -0.15) is 10.2 Å². The monoisotopic (exact) mass is 291 g/mol. The molecule has 0 fully saturated rings. The number of rotatable bonds is 1. The SMILES string of the molecule is O=c1c2ccnnc2ccn1-c1ccc(Cl)cc1Cl. The zero-order chi connectivity index (χ0) is 13.4. The van der Waals surface area contributed by atoms with E-state index in [1.165, 1.54) is 10.8 Å². The zero-order valence-corrected chi connectivity index (χ0v) is 11.1. The largest absolute Gasteiger partial charge is 0.282 e. The highest BCUT2D eigenvalue weighted by Crippen LogP contribution is 2.23. The average molecular weight is 292 g/mol. The van der Waals surface area contributed by atoms with E-state index in [0.29, 0.717) is 26.6 Å². The first-order chi connectivity index (χ1) is 9.16. The summed E-state index contributed by atoms with van der Waals surface area (Å²) < 4.78 is 1.46. The van der Waals surface area contributed by atoms with Crippen molar-refractivity contribution in [1.82, 2.24) is 14.8 Å². The summed E-state index contributed by atoms with van der Waals surface area (Å²) in [7, 11) is 0. The lowest BCUT2D eigenvalue weighted by Crippen LogP contribution is -2.18. The van der Waals surface area contributed by atoms with Crippen LogP contribution in [-0.2, 0) is 0 Å². The van der Waals surface area contributed by atoms with Crippen molar-refractivity contribution in [3.63, 3.8) is 0 Å². The fraction of sp³-hybridized carbons (Fsp3) is 0. The van der Waals surface area contributed by atoms with Crippen molar-refractivity contribution in [3.8, 4) is 5.69 Å². The molecule has 0 aliphatic rings. The van der Waals surface area contributed by atoms with Crippen LogP contribution in [0.4, 0.5) is 0 Å². The fourth-order valence-electron chi connectivity index (χ4n) is 1.86. The molecule has 3 aromatic rings. The zero-order valence-electron chi connectivity index (χ0n) is 9.55. The molecule has 0 aliphatic heterocycles. The van der Waals surface area contributed by atoms with Gasteiger partial charge in [-0.1, -0.05) is 23.2 Å². The summed E-state index contributed by atoms with van der Waals surface area (Å²) in [4.78, 5) is 12.4. The van der Waals surface area contributed by atoms with Gasteiger partial charge in [-0.3, -0.25) is 9.36 Å². The normalized spacial score (nSPS) is 10.8. The molecule has 0 bridgehead atoms. The van der Waals surface area contributed by atoms with Gasteiger partial charge in [0, 0.05) is 11.2 Å². The molecule has 0 saturated carbocycles. The smallest absolute Gasteiger partial charge is 0.264 e. The predicted molar refractivity (Wildman–Crippen MR) is 75.2 cm³/mol. The first-order valence-corrected chi connectivity index (χ1v) is 6.21. The maximum atomic E-state index is 12.4. The average Bonchev–Trinajstić information content (AvgIpc) is 2.41. The van der Waals surface area contributed by atoms with Crippen molar-refractivity contribution in [2.24, 2.45) is 0 Å². The molecule has 19 heavy (non-hydrogen) atoms. The molecule has 2 aromatic heterocycles. The Bertz CT molecular complexity index is 829. The van der Waals surface area contributed by atoms with Crippen LogP contribution in [0.3, 0.4) is 0 Å². The van der Waals surface area contributed by atoms with Crippen LogP contribution < -0.4 is 5.56 Å². The summed E-state index contributed by atoms with van der Waals surface area (Å²) in [5.41, 5.74) is 0.931. The molecule has 94 valence electrons. The second kappa shape index (κ2) is 4.64. The van der Waals surface area contributed by atoms with Crippen LogP contribution in [0, 0.1) is 0 Å². The molecule has 2 heterocycles. The van der Waals surface area contributed by atoms with Crippen LogP contribution in [0.5, 0.6) is 0 Å². The van der Waals surface area contributed by atoms with E-state index in [1.807, 2.05) is 0 Å². The second-order valence-corrected chi connectivity index (χ2v) is 4.76. The minimum absolute atomic E-state index is 0.198. The van der Waals surface area contributed by atoms with E-state index in [0.717, 1.165) is 0 Å². The lowest BCUT2D eigenvalue weighted by molar-refractivity contribution is 0.993. The van der Waals surface area contributed by atoms with Crippen LogP contribution >= 0.6 is 23.2 Å². The van der Waals surface area contributed by atoms with Gasteiger partial charge >= 0.3 is 0 Å². The van der Waals surface area contributed by atoms with Crippen LogP contribution in [0.25, 0.3) is 16.6 Å². The van der Waals surface area contributed by atoms with Crippen molar-refractivity contribution in [2.45, 2.75) is 0 Å². The Kier molecular flexibility index (Phi) is 2.97. The number of pyridine rings is 1. The van der Waals surface area contributed by atoms with E-state index < -0.39 is 0 Å². The van der Waals surface area contributed by atoms with Gasteiger partial charge in [0.1, 0.15) is 0 Å². The number of benzene rings is 1. The van der Waals surface area contributed by atoms with Gasteiger partial charge in [-0.05, 0) is 30.3 Å². The first-order valence-electron chi connectivity index (χ1n) is 5.45. The van der Waals surface area contributed by atoms with Gasteiger partial charge in [0.25, 0.3) is 5.56 Å². The van der Waals surface area contributed by atoms with Crippen molar-refractivity contribution in [3.05, 3.63) is 63.1 Å². The molecule has 0 N–H and O–H groups in total. The maximum absolute atomic E-state index is 12.4. The van der Waals surface area contributed by atoms with E-state index in [-0.39, 0.29) is 5.56 Å². The van der Waals surface area contributed by atoms with Crippen LogP contribution in [0.2, 0.25) is 10.0 Å². The first kappa shape index (κ1) is 12.1. The predicted octanol–water partition coefficient (Wildman–Crippen LogP) is 3.09. The van der Waals surface area contributed by atoms with Crippen LogP contribution in [0.1, 0.15) is 0 Å². The van der Waals surface area contributed by atoms with Crippen molar-refractivity contribution < 1.29 is 0 Å². The molecule has 0 amide bonds. The van der Waals surface area contributed by atoms with Crippen LogP contribution in [-0.4, -0.2) is 14.8 Å². The Hall–Kier alpha value is -1.91. The van der Waals surface area contributed by atoms with Gasteiger partial charge in [0.05, 0.1) is 27.8 Å². The summed E-state index contributed by atoms with van der Waals surface area (Å²) in [6.07, 6.45) is 3.10. The molecule has 0 atom stereocenters. The number of fused-ring (bicyclic) bond motifs is 1. The lowest BCUT2D eigenvalue weighted by Gasteiger charge is -2.08. The lowest BCUT2D eigenvalue weighted by atomic mass is 10.2.